The van der Waals surface area contributed by atoms with Crippen molar-refractivity contribution >= 4 is 23.2 Å². The van der Waals surface area contributed by atoms with Gasteiger partial charge in [-0.25, -0.2) is 0 Å². The van der Waals surface area contributed by atoms with E-state index >= 15 is 0 Å². The number of phenols is 2. The van der Waals surface area contributed by atoms with Crippen molar-refractivity contribution in [3.8, 4) is 11.5 Å². The van der Waals surface area contributed by atoms with Crippen LogP contribution in [0, 0.1) is 0 Å². The summed E-state index contributed by atoms with van der Waals surface area (Å²) in [6.07, 6.45) is 8.12. The summed E-state index contributed by atoms with van der Waals surface area (Å²) < 4.78 is 0. The van der Waals surface area contributed by atoms with Crippen molar-refractivity contribution in [2.45, 2.75) is 65.2 Å². The van der Waals surface area contributed by atoms with Gasteiger partial charge in [-0.2, -0.15) is 0 Å². The van der Waals surface area contributed by atoms with Crippen LogP contribution in [0.3, 0.4) is 0 Å². The molecule has 2 amide bonds. The van der Waals surface area contributed by atoms with E-state index in [1.807, 2.05) is 0 Å². The van der Waals surface area contributed by atoms with Gasteiger partial charge in [-0.05, 0) is 72.5 Å². The zero-order valence-electron chi connectivity index (χ0n) is 21.3. The van der Waals surface area contributed by atoms with Gasteiger partial charge >= 0.3 is 0 Å². The van der Waals surface area contributed by atoms with Crippen molar-refractivity contribution in [1.82, 2.24) is 9.80 Å². The van der Waals surface area contributed by atoms with Gasteiger partial charge < -0.3 is 20.0 Å². The molecular weight excluding hydrogens is 452 g/mol. The fourth-order valence-electron chi connectivity index (χ4n) is 5.06. The quantitative estimate of drug-likeness (QED) is 0.356. The molecule has 0 unspecified atom stereocenters. The average Bonchev–Trinajstić information content (AvgIpc) is 3.32. The number of aromatic hydroxyl groups is 2. The highest BCUT2D eigenvalue weighted by Gasteiger charge is 2.48. The van der Waals surface area contributed by atoms with E-state index in [9.17, 15) is 19.8 Å². The summed E-state index contributed by atoms with van der Waals surface area (Å²) in [5.41, 5.74) is 3.63. The van der Waals surface area contributed by atoms with Gasteiger partial charge in [0, 0.05) is 13.1 Å². The molecule has 36 heavy (non-hydrogen) atoms. The summed E-state index contributed by atoms with van der Waals surface area (Å²) in [5.74, 6) is -0.0351. The first-order chi connectivity index (χ1) is 17.5. The predicted octanol–water partition coefficient (Wildman–Crippen LogP) is 6.07. The summed E-state index contributed by atoms with van der Waals surface area (Å²) >= 11 is 0. The Morgan fingerprint density at radius 1 is 0.556 bits per heavy atom. The van der Waals surface area contributed by atoms with Crippen molar-refractivity contribution in [2.24, 2.45) is 0 Å². The third-order valence-corrected chi connectivity index (χ3v) is 6.93. The molecule has 0 atom stereocenters. The van der Waals surface area contributed by atoms with Crippen LogP contribution in [-0.2, 0) is 9.59 Å². The van der Waals surface area contributed by atoms with Gasteiger partial charge in [0.15, 0.2) is 0 Å². The van der Waals surface area contributed by atoms with Gasteiger partial charge in [-0.15, -0.1) is 0 Å². The lowest BCUT2D eigenvalue weighted by Gasteiger charge is -2.25. The number of hydrogen-bond donors (Lipinski definition) is 2. The fraction of sp³-hybridized carbons (Fsp3) is 0.400. The predicted molar refractivity (Wildman–Crippen MR) is 142 cm³/mol. The van der Waals surface area contributed by atoms with Gasteiger partial charge in [-0.1, -0.05) is 52.4 Å². The van der Waals surface area contributed by atoms with Gasteiger partial charge in [0.25, 0.3) is 11.8 Å². The van der Waals surface area contributed by atoms with Gasteiger partial charge in [0.05, 0.1) is 22.5 Å². The lowest BCUT2D eigenvalue weighted by Crippen LogP contribution is -2.31. The van der Waals surface area contributed by atoms with Crippen LogP contribution in [0.15, 0.2) is 59.7 Å². The number of phenolic OH excluding ortho intramolecular Hbond substituents is 2. The second-order valence-electron chi connectivity index (χ2n) is 9.58. The molecule has 0 saturated heterocycles. The Kier molecular flexibility index (Phi) is 8.14. The third-order valence-electron chi connectivity index (χ3n) is 6.93. The second kappa shape index (κ2) is 11.5. The van der Waals surface area contributed by atoms with Crippen molar-refractivity contribution in [3.05, 3.63) is 70.8 Å². The maximum Gasteiger partial charge on any atom is 0.261 e. The topological polar surface area (TPSA) is 81.1 Å². The van der Waals surface area contributed by atoms with E-state index in [0.29, 0.717) is 35.6 Å². The molecule has 2 aromatic carbocycles. The van der Waals surface area contributed by atoms with E-state index in [1.165, 1.54) is 0 Å². The van der Waals surface area contributed by atoms with Gasteiger partial charge in [-0.3, -0.25) is 9.59 Å². The molecule has 0 aliphatic carbocycles. The van der Waals surface area contributed by atoms with Crippen molar-refractivity contribution in [1.29, 1.82) is 0 Å². The molecule has 2 aliphatic rings. The van der Waals surface area contributed by atoms with Crippen LogP contribution in [-0.4, -0.2) is 44.9 Å². The van der Waals surface area contributed by atoms with E-state index in [-0.39, 0.29) is 23.3 Å². The highest BCUT2D eigenvalue weighted by Crippen LogP contribution is 2.47. The average molecular weight is 489 g/mol. The van der Waals surface area contributed by atoms with Gasteiger partial charge in [0.1, 0.15) is 11.5 Å². The van der Waals surface area contributed by atoms with Gasteiger partial charge in [0.2, 0.25) is 0 Å². The Morgan fingerprint density at radius 2 is 0.917 bits per heavy atom. The van der Waals surface area contributed by atoms with Crippen LogP contribution in [0.2, 0.25) is 0 Å². The Morgan fingerprint density at radius 3 is 1.25 bits per heavy atom. The van der Waals surface area contributed by atoms with Crippen LogP contribution in [0.4, 0.5) is 0 Å². The molecule has 0 fully saturated rings. The lowest BCUT2D eigenvalue weighted by molar-refractivity contribution is -0.124. The number of rotatable bonds is 12. The van der Waals surface area contributed by atoms with E-state index < -0.39 is 0 Å². The molecule has 6 nitrogen and oxygen atoms in total. The van der Waals surface area contributed by atoms with E-state index in [0.717, 1.165) is 62.5 Å². The second-order valence-corrected chi connectivity index (χ2v) is 9.58. The number of hydrogen-bond acceptors (Lipinski definition) is 4. The minimum atomic E-state index is -0.156. The van der Waals surface area contributed by atoms with Crippen LogP contribution >= 0.6 is 0 Å². The zero-order chi connectivity index (χ0) is 25.7. The summed E-state index contributed by atoms with van der Waals surface area (Å²) in [6.45, 7) is 5.37. The number of unbranched alkanes of at least 4 members (excludes halogenated alkanes) is 6. The highest BCUT2D eigenvalue weighted by atomic mass is 16.3. The molecule has 0 spiro atoms. The maximum absolute atomic E-state index is 14.0. The molecule has 0 aromatic heterocycles. The highest BCUT2D eigenvalue weighted by molar-refractivity contribution is 6.30. The molecule has 190 valence electrons. The normalized spacial score (nSPS) is 15.5. The lowest BCUT2D eigenvalue weighted by atomic mass is 10.0. The van der Waals surface area contributed by atoms with E-state index in [4.69, 9.17) is 0 Å². The smallest absolute Gasteiger partial charge is 0.261 e. The summed E-state index contributed by atoms with van der Waals surface area (Å²) in [7, 11) is 0. The summed E-state index contributed by atoms with van der Waals surface area (Å²) in [5, 5.41) is 19.7. The SMILES string of the molecule is CCCCCCN1C(=O)C2=C(c3ccc(O)cc3)N(CCCCCC)C(=O)C2=C1c1ccc(O)cc1. The summed E-state index contributed by atoms with van der Waals surface area (Å²) in [4.78, 5) is 31.4. The Hall–Kier alpha value is -3.54. The number of amides is 2. The number of nitrogens with zero attached hydrogens (tertiary/aromatic N) is 2. The first-order valence-electron chi connectivity index (χ1n) is 13.2. The molecule has 2 aliphatic heterocycles. The minimum Gasteiger partial charge on any atom is -0.508 e. The molecule has 4 rings (SSSR count). The van der Waals surface area contributed by atoms with Crippen molar-refractivity contribution in [2.75, 3.05) is 13.1 Å². The number of carbonyl (C=O) groups excluding carboxylic acids is 2. The molecule has 0 radical (unpaired) electrons. The molecule has 2 N–H and O–H groups in total. The van der Waals surface area contributed by atoms with Crippen LogP contribution in [0.25, 0.3) is 11.4 Å². The van der Waals surface area contributed by atoms with Crippen LogP contribution < -0.4 is 0 Å². The minimum absolute atomic E-state index is 0.138. The van der Waals surface area contributed by atoms with E-state index in [2.05, 4.69) is 13.8 Å². The molecule has 6 heteroatoms. The van der Waals surface area contributed by atoms with Crippen LogP contribution in [0.5, 0.6) is 11.5 Å². The first kappa shape index (κ1) is 25.5. The largest absolute Gasteiger partial charge is 0.508 e. The Balaban J connectivity index is 1.83. The zero-order valence-corrected chi connectivity index (χ0v) is 21.3. The number of carbonyl (C=O) groups is 2. The molecule has 0 bridgehead atoms. The fourth-order valence-corrected chi connectivity index (χ4v) is 5.06. The molecule has 0 saturated carbocycles. The van der Waals surface area contributed by atoms with Crippen molar-refractivity contribution < 1.29 is 19.8 Å². The number of benzene rings is 2. The van der Waals surface area contributed by atoms with Crippen LogP contribution in [0.1, 0.15) is 76.3 Å². The molecular formula is C30H36N2O4. The van der Waals surface area contributed by atoms with Crippen molar-refractivity contribution in [3.63, 3.8) is 0 Å². The monoisotopic (exact) mass is 488 g/mol. The molecule has 2 aromatic rings. The number of fused-ring (bicyclic) bond motifs is 1. The maximum atomic E-state index is 14.0. The first-order valence-corrected chi connectivity index (χ1v) is 13.2. The van der Waals surface area contributed by atoms with E-state index in [1.54, 1.807) is 58.3 Å². The Bertz CT molecular complexity index is 1070. The summed E-state index contributed by atoms with van der Waals surface area (Å²) in [6, 6.07) is 13.4. The standard InChI is InChI=1S/C30H36N2O4/c1-3-5-7-9-19-31-27(21-11-15-23(33)16-12-21)25-26(29(31)35)28(22-13-17-24(34)18-14-22)32(30(25)36)20-10-8-6-4-2/h11-18,33-34H,3-10,19-20H2,1-2H3. The molecule has 2 heterocycles. The third kappa shape index (κ3) is 5.03. The Labute approximate surface area is 213 Å².